The van der Waals surface area contributed by atoms with E-state index in [9.17, 15) is 4.79 Å². The number of rotatable bonds is 5. The summed E-state index contributed by atoms with van der Waals surface area (Å²) in [5.41, 5.74) is 6.60. The van der Waals surface area contributed by atoms with E-state index in [4.69, 9.17) is 22.1 Å². The van der Waals surface area contributed by atoms with E-state index in [0.717, 1.165) is 5.56 Å². The Balaban J connectivity index is 2.57. The molecule has 0 radical (unpaired) electrons. The molecule has 0 bridgehead atoms. The largest absolute Gasteiger partial charge is 0.383 e. The zero-order valence-electron chi connectivity index (χ0n) is 9.94. The quantitative estimate of drug-likeness (QED) is 0.839. The number of amides is 1. The Labute approximate surface area is 106 Å². The second-order valence-corrected chi connectivity index (χ2v) is 4.28. The average Bonchev–Trinajstić information content (AvgIpc) is 2.30. The van der Waals surface area contributed by atoms with Crippen LogP contribution >= 0.6 is 11.6 Å². The van der Waals surface area contributed by atoms with Gasteiger partial charge in [0.2, 0.25) is 5.91 Å². The fourth-order valence-electron chi connectivity index (χ4n) is 1.41. The Morgan fingerprint density at radius 1 is 1.47 bits per heavy atom. The third kappa shape index (κ3) is 4.34. The van der Waals surface area contributed by atoms with Gasteiger partial charge in [-0.05, 0) is 24.6 Å². The molecule has 0 heterocycles. The van der Waals surface area contributed by atoms with E-state index in [2.05, 4.69) is 5.32 Å². The zero-order valence-corrected chi connectivity index (χ0v) is 10.7. The van der Waals surface area contributed by atoms with Gasteiger partial charge in [-0.15, -0.1) is 0 Å². The summed E-state index contributed by atoms with van der Waals surface area (Å²) in [5, 5.41) is 3.48. The molecule has 3 N–H and O–H groups in total. The van der Waals surface area contributed by atoms with Gasteiger partial charge in [-0.1, -0.05) is 23.7 Å². The Morgan fingerprint density at radius 3 is 2.59 bits per heavy atom. The summed E-state index contributed by atoms with van der Waals surface area (Å²) in [7, 11) is 1.51. The first-order valence-electron chi connectivity index (χ1n) is 5.35. The zero-order chi connectivity index (χ0) is 12.8. The molecule has 4 nitrogen and oxygen atoms in total. The van der Waals surface area contributed by atoms with Crippen LogP contribution in [0.25, 0.3) is 0 Å². The number of benzene rings is 1. The maximum Gasteiger partial charge on any atom is 0.239 e. The molecule has 2 atom stereocenters. The predicted octanol–water partition coefficient (Wildman–Crippen LogP) is 1.49. The van der Waals surface area contributed by atoms with E-state index in [1.807, 2.05) is 19.1 Å². The summed E-state index contributed by atoms with van der Waals surface area (Å²) in [6.07, 6.45) is 0. The number of ether oxygens (including phenoxy) is 1. The van der Waals surface area contributed by atoms with Gasteiger partial charge >= 0.3 is 0 Å². The lowest BCUT2D eigenvalue weighted by atomic mass is 10.1. The van der Waals surface area contributed by atoms with Crippen molar-refractivity contribution in [3.8, 4) is 0 Å². The van der Waals surface area contributed by atoms with E-state index in [1.54, 1.807) is 12.1 Å². The molecule has 0 aliphatic heterocycles. The third-order valence-electron chi connectivity index (χ3n) is 2.41. The van der Waals surface area contributed by atoms with Crippen molar-refractivity contribution in [1.29, 1.82) is 0 Å². The van der Waals surface area contributed by atoms with Crippen LogP contribution in [-0.4, -0.2) is 25.7 Å². The molecule has 94 valence electrons. The van der Waals surface area contributed by atoms with Crippen LogP contribution in [-0.2, 0) is 9.53 Å². The number of halogens is 1. The first-order chi connectivity index (χ1) is 8.04. The molecule has 1 amide bonds. The van der Waals surface area contributed by atoms with Crippen molar-refractivity contribution in [3.63, 3.8) is 0 Å². The number of hydrogen-bond donors (Lipinski definition) is 2. The van der Waals surface area contributed by atoms with Gasteiger partial charge in [-0.2, -0.15) is 0 Å². The van der Waals surface area contributed by atoms with Crippen LogP contribution in [0.1, 0.15) is 18.5 Å². The van der Waals surface area contributed by atoms with Gasteiger partial charge < -0.3 is 15.8 Å². The molecule has 1 rings (SSSR count). The van der Waals surface area contributed by atoms with E-state index in [-0.39, 0.29) is 18.6 Å². The Hall–Kier alpha value is -1.10. The van der Waals surface area contributed by atoms with Crippen molar-refractivity contribution >= 4 is 17.5 Å². The minimum absolute atomic E-state index is 0.109. The van der Waals surface area contributed by atoms with Gasteiger partial charge in [0.15, 0.2) is 0 Å². The van der Waals surface area contributed by atoms with Gasteiger partial charge in [-0.25, -0.2) is 0 Å². The topological polar surface area (TPSA) is 64.3 Å². The predicted molar refractivity (Wildman–Crippen MR) is 67.9 cm³/mol. The van der Waals surface area contributed by atoms with E-state index < -0.39 is 6.04 Å². The number of nitrogens with two attached hydrogens (primary N) is 1. The minimum Gasteiger partial charge on any atom is -0.383 e. The van der Waals surface area contributed by atoms with Crippen LogP contribution in [0.3, 0.4) is 0 Å². The highest BCUT2D eigenvalue weighted by Crippen LogP contribution is 2.15. The average molecular weight is 257 g/mol. The lowest BCUT2D eigenvalue weighted by molar-refractivity contribution is -0.124. The highest BCUT2D eigenvalue weighted by molar-refractivity contribution is 6.30. The molecule has 5 heteroatoms. The molecular formula is C12H17ClN2O2. The standard InChI is InChI=1S/C12H17ClN2O2/c1-8(9-3-5-10(13)6-4-9)15-12(16)11(14)7-17-2/h3-6,8,11H,7,14H2,1-2H3,(H,15,16). The van der Waals surface area contributed by atoms with Crippen LogP contribution in [0.2, 0.25) is 5.02 Å². The SMILES string of the molecule is COCC(N)C(=O)NC(C)c1ccc(Cl)cc1. The first kappa shape index (κ1) is 14.0. The highest BCUT2D eigenvalue weighted by Gasteiger charge is 2.16. The van der Waals surface area contributed by atoms with Crippen molar-refractivity contribution in [3.05, 3.63) is 34.9 Å². The molecule has 0 fully saturated rings. The molecule has 0 aliphatic carbocycles. The minimum atomic E-state index is -0.644. The van der Waals surface area contributed by atoms with Crippen LogP contribution in [0, 0.1) is 0 Å². The monoisotopic (exact) mass is 256 g/mol. The molecule has 1 aromatic carbocycles. The Kier molecular flexibility index (Phi) is 5.41. The maximum absolute atomic E-state index is 11.6. The van der Waals surface area contributed by atoms with E-state index >= 15 is 0 Å². The second kappa shape index (κ2) is 6.59. The van der Waals surface area contributed by atoms with Crippen LogP contribution in [0.4, 0.5) is 0 Å². The molecule has 17 heavy (non-hydrogen) atoms. The van der Waals surface area contributed by atoms with Crippen molar-refractivity contribution in [1.82, 2.24) is 5.32 Å². The van der Waals surface area contributed by atoms with E-state index in [1.165, 1.54) is 7.11 Å². The normalized spacial score (nSPS) is 14.1. The summed E-state index contributed by atoms with van der Waals surface area (Å²) in [5.74, 6) is -0.227. The molecule has 0 saturated carbocycles. The second-order valence-electron chi connectivity index (χ2n) is 3.84. The lowest BCUT2D eigenvalue weighted by Gasteiger charge is -2.17. The van der Waals surface area contributed by atoms with Gasteiger partial charge in [0, 0.05) is 12.1 Å². The van der Waals surface area contributed by atoms with Crippen molar-refractivity contribution in [2.75, 3.05) is 13.7 Å². The van der Waals surface area contributed by atoms with Gasteiger partial charge in [0.1, 0.15) is 6.04 Å². The molecule has 0 aliphatic rings. The van der Waals surface area contributed by atoms with Crippen LogP contribution in [0.15, 0.2) is 24.3 Å². The van der Waals surface area contributed by atoms with Crippen molar-refractivity contribution in [2.45, 2.75) is 19.0 Å². The summed E-state index contributed by atoms with van der Waals surface area (Å²) < 4.78 is 4.82. The van der Waals surface area contributed by atoms with Gasteiger partial charge in [0.25, 0.3) is 0 Å². The van der Waals surface area contributed by atoms with Crippen LogP contribution in [0.5, 0.6) is 0 Å². The van der Waals surface area contributed by atoms with Crippen molar-refractivity contribution < 1.29 is 9.53 Å². The molecule has 0 spiro atoms. The Bertz CT molecular complexity index is 367. The molecule has 2 unspecified atom stereocenters. The molecular weight excluding hydrogens is 240 g/mol. The first-order valence-corrected chi connectivity index (χ1v) is 5.72. The molecule has 1 aromatic rings. The summed E-state index contributed by atoms with van der Waals surface area (Å²) in [4.78, 5) is 11.6. The number of methoxy groups -OCH3 is 1. The Morgan fingerprint density at radius 2 is 2.06 bits per heavy atom. The number of carbonyl (C=O) groups excluding carboxylic acids is 1. The smallest absolute Gasteiger partial charge is 0.239 e. The lowest BCUT2D eigenvalue weighted by Crippen LogP contribution is -2.44. The van der Waals surface area contributed by atoms with Gasteiger partial charge in [0.05, 0.1) is 12.6 Å². The summed E-state index contributed by atoms with van der Waals surface area (Å²) in [6.45, 7) is 2.10. The van der Waals surface area contributed by atoms with Crippen LogP contribution < -0.4 is 11.1 Å². The number of carbonyl (C=O) groups is 1. The van der Waals surface area contributed by atoms with Crippen molar-refractivity contribution in [2.24, 2.45) is 5.73 Å². The highest BCUT2D eigenvalue weighted by atomic mass is 35.5. The fraction of sp³-hybridized carbons (Fsp3) is 0.417. The van der Waals surface area contributed by atoms with Gasteiger partial charge in [-0.3, -0.25) is 4.79 Å². The third-order valence-corrected chi connectivity index (χ3v) is 2.66. The maximum atomic E-state index is 11.6. The molecule has 0 aromatic heterocycles. The molecule has 0 saturated heterocycles. The fourth-order valence-corrected chi connectivity index (χ4v) is 1.54. The number of hydrogen-bond acceptors (Lipinski definition) is 3. The summed E-state index contributed by atoms with van der Waals surface area (Å²) in [6, 6.07) is 6.56. The number of nitrogens with one attached hydrogen (secondary N) is 1. The summed E-state index contributed by atoms with van der Waals surface area (Å²) >= 11 is 5.79. The van der Waals surface area contributed by atoms with E-state index in [0.29, 0.717) is 5.02 Å².